The lowest BCUT2D eigenvalue weighted by molar-refractivity contribution is -0.123. The van der Waals surface area contributed by atoms with Gasteiger partial charge in [0.15, 0.2) is 6.61 Å². The number of rotatable bonds is 6. The zero-order chi connectivity index (χ0) is 15.9. The Balaban J connectivity index is 1.82. The van der Waals surface area contributed by atoms with Crippen LogP contribution < -0.4 is 10.2 Å². The first-order valence-electron chi connectivity index (χ1n) is 6.57. The number of hydrazone groups is 1. The van der Waals surface area contributed by atoms with Gasteiger partial charge in [-0.05, 0) is 56.5 Å². The van der Waals surface area contributed by atoms with E-state index in [9.17, 15) is 4.79 Å². The minimum atomic E-state index is -0.307. The standard InChI is InChI=1S/C15H14Br2N2O2S/c1-2-14-12(17)7-10(22-14)8-18-19-15(20)9-21-13-6-4-3-5-11(13)16/h3-8H,2,9H2,1H3,(H,19,20)/b18-8+. The Bertz CT molecular complexity index is 686. The third kappa shape index (κ3) is 4.93. The Hall–Kier alpha value is -1.18. The summed E-state index contributed by atoms with van der Waals surface area (Å²) in [6.45, 7) is 2.01. The molecule has 1 aromatic heterocycles. The molecule has 0 aliphatic carbocycles. The zero-order valence-corrected chi connectivity index (χ0v) is 15.8. The molecule has 0 unspecified atom stereocenters. The quantitative estimate of drug-likeness (QED) is 0.530. The summed E-state index contributed by atoms with van der Waals surface area (Å²) in [4.78, 5) is 13.9. The normalized spacial score (nSPS) is 10.9. The fourth-order valence-electron chi connectivity index (χ4n) is 1.64. The number of hydrogen-bond acceptors (Lipinski definition) is 4. The topological polar surface area (TPSA) is 50.7 Å². The molecule has 22 heavy (non-hydrogen) atoms. The number of benzene rings is 1. The van der Waals surface area contributed by atoms with Crippen molar-refractivity contribution in [3.8, 4) is 5.75 Å². The predicted octanol–water partition coefficient (Wildman–Crippen LogP) is 4.36. The molecule has 0 saturated heterocycles. The predicted molar refractivity (Wildman–Crippen MR) is 96.8 cm³/mol. The molecule has 0 atom stereocenters. The Kier molecular flexibility index (Phi) is 6.60. The van der Waals surface area contributed by atoms with E-state index in [1.807, 2.05) is 24.3 Å². The van der Waals surface area contributed by atoms with Crippen molar-refractivity contribution in [1.29, 1.82) is 0 Å². The van der Waals surface area contributed by atoms with Crippen LogP contribution in [-0.4, -0.2) is 18.7 Å². The molecule has 116 valence electrons. The van der Waals surface area contributed by atoms with E-state index in [1.54, 1.807) is 23.6 Å². The lowest BCUT2D eigenvalue weighted by Gasteiger charge is -2.06. The van der Waals surface area contributed by atoms with Crippen molar-refractivity contribution >= 4 is 55.3 Å². The molecule has 2 aromatic rings. The SMILES string of the molecule is CCc1sc(/C=N/NC(=O)COc2ccccc2Br)cc1Br. The summed E-state index contributed by atoms with van der Waals surface area (Å²) < 4.78 is 7.29. The molecule has 0 radical (unpaired) electrons. The Morgan fingerprint density at radius 2 is 2.14 bits per heavy atom. The highest BCUT2D eigenvalue weighted by Crippen LogP contribution is 2.26. The highest BCUT2D eigenvalue weighted by Gasteiger charge is 2.05. The molecular weight excluding hydrogens is 432 g/mol. The largest absolute Gasteiger partial charge is 0.483 e. The third-order valence-electron chi connectivity index (χ3n) is 2.67. The second kappa shape index (κ2) is 8.45. The highest BCUT2D eigenvalue weighted by molar-refractivity contribution is 9.10. The van der Waals surface area contributed by atoms with E-state index >= 15 is 0 Å². The maximum absolute atomic E-state index is 11.7. The van der Waals surface area contributed by atoms with Crippen molar-refractivity contribution in [3.63, 3.8) is 0 Å². The first-order chi connectivity index (χ1) is 10.6. The number of nitrogens with one attached hydrogen (secondary N) is 1. The number of ether oxygens (including phenoxy) is 1. The molecule has 0 bridgehead atoms. The lowest BCUT2D eigenvalue weighted by Crippen LogP contribution is -2.24. The summed E-state index contributed by atoms with van der Waals surface area (Å²) in [6.07, 6.45) is 2.59. The van der Waals surface area contributed by atoms with Crippen molar-refractivity contribution in [2.24, 2.45) is 5.10 Å². The van der Waals surface area contributed by atoms with Gasteiger partial charge in [0.1, 0.15) is 5.75 Å². The van der Waals surface area contributed by atoms with E-state index in [0.29, 0.717) is 5.75 Å². The molecule has 0 spiro atoms. The van der Waals surface area contributed by atoms with Gasteiger partial charge in [-0.25, -0.2) is 5.43 Å². The molecule has 1 N–H and O–H groups in total. The van der Waals surface area contributed by atoms with Crippen LogP contribution in [0.15, 0.2) is 44.4 Å². The van der Waals surface area contributed by atoms with Gasteiger partial charge < -0.3 is 4.74 Å². The van der Waals surface area contributed by atoms with Crippen molar-refractivity contribution in [2.45, 2.75) is 13.3 Å². The van der Waals surface area contributed by atoms with Gasteiger partial charge in [0.05, 0.1) is 10.7 Å². The summed E-state index contributed by atoms with van der Waals surface area (Å²) in [7, 11) is 0. The van der Waals surface area contributed by atoms with Crippen LogP contribution in [0.5, 0.6) is 5.75 Å². The second-order valence-corrected chi connectivity index (χ2v) is 7.16. The molecule has 1 heterocycles. The molecule has 1 aromatic carbocycles. The first kappa shape index (κ1) is 17.2. The van der Waals surface area contributed by atoms with E-state index in [1.165, 1.54) is 4.88 Å². The van der Waals surface area contributed by atoms with Gasteiger partial charge in [-0.3, -0.25) is 4.79 Å². The molecule has 0 fully saturated rings. The van der Waals surface area contributed by atoms with Crippen LogP contribution in [0.25, 0.3) is 0 Å². The van der Waals surface area contributed by atoms with Crippen LogP contribution in [0, 0.1) is 0 Å². The van der Waals surface area contributed by atoms with Crippen LogP contribution in [0.3, 0.4) is 0 Å². The summed E-state index contributed by atoms with van der Waals surface area (Å²) in [5.41, 5.74) is 2.45. The van der Waals surface area contributed by atoms with E-state index in [-0.39, 0.29) is 12.5 Å². The van der Waals surface area contributed by atoms with E-state index in [0.717, 1.165) is 20.2 Å². The molecule has 0 aliphatic heterocycles. The van der Waals surface area contributed by atoms with Crippen LogP contribution in [0.1, 0.15) is 16.7 Å². The molecule has 4 nitrogen and oxygen atoms in total. The van der Waals surface area contributed by atoms with Crippen molar-refractivity contribution < 1.29 is 9.53 Å². The molecule has 0 saturated carbocycles. The fourth-order valence-corrected chi connectivity index (χ4v) is 3.82. The first-order valence-corrected chi connectivity index (χ1v) is 8.98. The summed E-state index contributed by atoms with van der Waals surface area (Å²) >= 11 is 8.49. The average Bonchev–Trinajstić information content (AvgIpc) is 2.86. The van der Waals surface area contributed by atoms with Crippen molar-refractivity contribution in [3.05, 3.63) is 49.0 Å². The minimum absolute atomic E-state index is 0.0890. The molecule has 7 heteroatoms. The maximum Gasteiger partial charge on any atom is 0.277 e. The molecule has 0 aliphatic rings. The Morgan fingerprint density at radius 1 is 1.36 bits per heavy atom. The number of aryl methyl sites for hydroxylation is 1. The van der Waals surface area contributed by atoms with E-state index in [2.05, 4.69) is 49.3 Å². The Labute approximate surface area is 149 Å². The highest BCUT2D eigenvalue weighted by atomic mass is 79.9. The van der Waals surface area contributed by atoms with E-state index < -0.39 is 0 Å². The maximum atomic E-state index is 11.7. The third-order valence-corrected chi connectivity index (χ3v) is 5.51. The van der Waals surface area contributed by atoms with Gasteiger partial charge in [-0.15, -0.1) is 11.3 Å². The van der Waals surface area contributed by atoms with Gasteiger partial charge in [-0.1, -0.05) is 19.1 Å². The number of hydrogen-bond donors (Lipinski definition) is 1. The number of nitrogens with zero attached hydrogens (tertiary/aromatic N) is 1. The number of carbonyl (C=O) groups is 1. The molecule has 2 rings (SSSR count). The van der Waals surface area contributed by atoms with Crippen LogP contribution in [-0.2, 0) is 11.2 Å². The zero-order valence-electron chi connectivity index (χ0n) is 11.8. The fraction of sp³-hybridized carbons (Fsp3) is 0.200. The average molecular weight is 446 g/mol. The summed E-state index contributed by atoms with van der Waals surface area (Å²) in [5.74, 6) is 0.315. The van der Waals surface area contributed by atoms with Crippen molar-refractivity contribution in [2.75, 3.05) is 6.61 Å². The number of para-hydroxylation sites is 1. The van der Waals surface area contributed by atoms with Crippen LogP contribution >= 0.6 is 43.2 Å². The van der Waals surface area contributed by atoms with E-state index in [4.69, 9.17) is 4.74 Å². The summed E-state index contributed by atoms with van der Waals surface area (Å²) in [5, 5.41) is 3.94. The van der Waals surface area contributed by atoms with Crippen LogP contribution in [0.2, 0.25) is 0 Å². The summed E-state index contributed by atoms with van der Waals surface area (Å²) in [6, 6.07) is 9.35. The van der Waals surface area contributed by atoms with Crippen molar-refractivity contribution in [1.82, 2.24) is 5.43 Å². The smallest absolute Gasteiger partial charge is 0.277 e. The Morgan fingerprint density at radius 3 is 2.82 bits per heavy atom. The number of carbonyl (C=O) groups excluding carboxylic acids is 1. The van der Waals surface area contributed by atoms with Crippen LogP contribution in [0.4, 0.5) is 0 Å². The molecular formula is C15H14Br2N2O2S. The second-order valence-electron chi connectivity index (χ2n) is 4.29. The number of amides is 1. The van der Waals surface area contributed by atoms with Gasteiger partial charge >= 0.3 is 0 Å². The lowest BCUT2D eigenvalue weighted by atomic mass is 10.3. The number of halogens is 2. The number of thiophene rings is 1. The van der Waals surface area contributed by atoms with Gasteiger partial charge in [0.2, 0.25) is 0 Å². The van der Waals surface area contributed by atoms with Gasteiger partial charge in [0.25, 0.3) is 5.91 Å². The molecule has 1 amide bonds. The van der Waals surface area contributed by atoms with Gasteiger partial charge in [0, 0.05) is 14.2 Å². The minimum Gasteiger partial charge on any atom is -0.483 e. The monoisotopic (exact) mass is 444 g/mol. The van der Waals surface area contributed by atoms with Gasteiger partial charge in [-0.2, -0.15) is 5.10 Å².